The first-order valence-electron chi connectivity index (χ1n) is 7.01. The van der Waals surface area contributed by atoms with Gasteiger partial charge in [-0.25, -0.2) is 4.79 Å². The molecule has 0 saturated carbocycles. The van der Waals surface area contributed by atoms with Crippen LogP contribution in [0.1, 0.15) is 53.9 Å². The summed E-state index contributed by atoms with van der Waals surface area (Å²) in [6.45, 7) is 9.87. The van der Waals surface area contributed by atoms with Crippen LogP contribution in [0.15, 0.2) is 16.8 Å². The minimum Gasteiger partial charge on any atom is -0.444 e. The van der Waals surface area contributed by atoms with E-state index >= 15 is 0 Å². The molecule has 2 heterocycles. The summed E-state index contributed by atoms with van der Waals surface area (Å²) in [5.41, 5.74) is 1.92. The van der Waals surface area contributed by atoms with E-state index in [1.165, 1.54) is 5.57 Å². The lowest BCUT2D eigenvalue weighted by Gasteiger charge is -2.31. The summed E-state index contributed by atoms with van der Waals surface area (Å²) >= 11 is 0. The topological polar surface area (TPSA) is 41.9 Å². The summed E-state index contributed by atoms with van der Waals surface area (Å²) in [6.07, 6.45) is 4.58. The van der Waals surface area contributed by atoms with E-state index in [4.69, 9.17) is 4.74 Å². The zero-order valence-corrected chi connectivity index (χ0v) is 12.6. The molecule has 0 aromatic heterocycles. The molecule has 1 saturated heterocycles. The fourth-order valence-electron chi connectivity index (χ4n) is 2.71. The number of amides is 1. The number of aliphatic imine (C=N–C) groups is 1. The fourth-order valence-corrected chi connectivity index (χ4v) is 2.71. The lowest BCUT2D eigenvalue weighted by molar-refractivity contribution is 0.0205. The van der Waals surface area contributed by atoms with Crippen LogP contribution in [-0.2, 0) is 4.74 Å². The molecule has 2 rings (SSSR count). The molecule has 106 valence electrons. The Hall–Kier alpha value is -1.32. The number of hydrogen-bond donors (Lipinski definition) is 0. The Bertz CT molecular complexity index is 432. The Kier molecular flexibility index (Phi) is 3.70. The van der Waals surface area contributed by atoms with Crippen LogP contribution >= 0.6 is 0 Å². The SMILES string of the molecule is CC1=CN=C([C@@H]2CC[C@H](C)N2C(=O)OC(C)(C)C)C1. The van der Waals surface area contributed by atoms with E-state index in [2.05, 4.69) is 18.8 Å². The summed E-state index contributed by atoms with van der Waals surface area (Å²) < 4.78 is 5.52. The number of allylic oxidation sites excluding steroid dienone is 1. The molecule has 1 fully saturated rings. The van der Waals surface area contributed by atoms with Crippen molar-refractivity contribution in [2.24, 2.45) is 4.99 Å². The molecule has 2 atom stereocenters. The first kappa shape index (κ1) is 14.1. The third-order valence-corrected chi connectivity index (χ3v) is 3.57. The van der Waals surface area contributed by atoms with Crippen LogP contribution in [0.25, 0.3) is 0 Å². The van der Waals surface area contributed by atoms with Gasteiger partial charge in [0.25, 0.3) is 0 Å². The van der Waals surface area contributed by atoms with E-state index in [9.17, 15) is 4.79 Å². The van der Waals surface area contributed by atoms with Crippen LogP contribution in [0, 0.1) is 0 Å². The monoisotopic (exact) mass is 264 g/mol. The summed E-state index contributed by atoms with van der Waals surface area (Å²) in [5, 5.41) is 0. The molecule has 4 nitrogen and oxygen atoms in total. The third kappa shape index (κ3) is 3.17. The molecule has 0 radical (unpaired) electrons. The van der Waals surface area contributed by atoms with Gasteiger partial charge in [0, 0.05) is 24.4 Å². The Morgan fingerprint density at radius 3 is 2.63 bits per heavy atom. The highest BCUT2D eigenvalue weighted by Gasteiger charge is 2.39. The molecule has 0 spiro atoms. The quantitative estimate of drug-likeness (QED) is 0.727. The van der Waals surface area contributed by atoms with E-state index < -0.39 is 5.60 Å². The maximum absolute atomic E-state index is 12.4. The van der Waals surface area contributed by atoms with Gasteiger partial charge >= 0.3 is 6.09 Å². The highest BCUT2D eigenvalue weighted by Crippen LogP contribution is 2.30. The van der Waals surface area contributed by atoms with Gasteiger partial charge in [-0.1, -0.05) is 0 Å². The molecule has 0 bridgehead atoms. The Balaban J connectivity index is 2.10. The van der Waals surface area contributed by atoms with Crippen molar-refractivity contribution in [3.8, 4) is 0 Å². The second kappa shape index (κ2) is 4.99. The van der Waals surface area contributed by atoms with E-state index in [1.54, 1.807) is 0 Å². The summed E-state index contributed by atoms with van der Waals surface area (Å²) in [5.74, 6) is 0. The van der Waals surface area contributed by atoms with Crippen molar-refractivity contribution in [3.05, 3.63) is 11.8 Å². The van der Waals surface area contributed by atoms with Crippen molar-refractivity contribution in [2.45, 2.75) is 71.6 Å². The average molecular weight is 264 g/mol. The van der Waals surface area contributed by atoms with Gasteiger partial charge in [0.2, 0.25) is 0 Å². The van der Waals surface area contributed by atoms with Gasteiger partial charge in [-0.05, 0) is 53.0 Å². The predicted octanol–water partition coefficient (Wildman–Crippen LogP) is 3.52. The zero-order chi connectivity index (χ0) is 14.2. The van der Waals surface area contributed by atoms with Crippen molar-refractivity contribution in [1.82, 2.24) is 4.90 Å². The second-order valence-electron chi connectivity index (χ2n) is 6.60. The summed E-state index contributed by atoms with van der Waals surface area (Å²) in [6, 6.07) is 0.335. The predicted molar refractivity (Wildman–Crippen MR) is 76.4 cm³/mol. The lowest BCUT2D eigenvalue weighted by atomic mass is 10.0. The molecule has 0 aromatic rings. The second-order valence-corrected chi connectivity index (χ2v) is 6.60. The van der Waals surface area contributed by atoms with Crippen LogP contribution in [0.5, 0.6) is 0 Å². The molecular weight excluding hydrogens is 240 g/mol. The van der Waals surface area contributed by atoms with Crippen molar-refractivity contribution < 1.29 is 9.53 Å². The van der Waals surface area contributed by atoms with Gasteiger partial charge in [-0.15, -0.1) is 0 Å². The molecule has 0 aromatic carbocycles. The van der Waals surface area contributed by atoms with Crippen molar-refractivity contribution in [3.63, 3.8) is 0 Å². The van der Waals surface area contributed by atoms with Crippen LogP contribution in [0.3, 0.4) is 0 Å². The normalized spacial score (nSPS) is 27.3. The van der Waals surface area contributed by atoms with Gasteiger partial charge in [0.05, 0.1) is 6.04 Å². The number of hydrogen-bond acceptors (Lipinski definition) is 3. The van der Waals surface area contributed by atoms with Crippen molar-refractivity contribution in [1.29, 1.82) is 0 Å². The largest absolute Gasteiger partial charge is 0.444 e. The van der Waals surface area contributed by atoms with E-state index in [0.717, 1.165) is 25.0 Å². The van der Waals surface area contributed by atoms with Crippen LogP contribution < -0.4 is 0 Å². The minimum atomic E-state index is -0.449. The van der Waals surface area contributed by atoms with E-state index in [-0.39, 0.29) is 18.2 Å². The van der Waals surface area contributed by atoms with Gasteiger partial charge in [-0.3, -0.25) is 9.89 Å². The average Bonchev–Trinajstić information content (AvgIpc) is 2.81. The third-order valence-electron chi connectivity index (χ3n) is 3.57. The number of carbonyl (C=O) groups excluding carboxylic acids is 1. The molecule has 0 unspecified atom stereocenters. The molecule has 0 aliphatic carbocycles. The highest BCUT2D eigenvalue weighted by atomic mass is 16.6. The standard InChI is InChI=1S/C15H24N2O2/c1-10-8-12(16-9-10)13-7-6-11(2)17(13)14(18)19-15(3,4)5/h9,11,13H,6-8H2,1-5H3/t11-,13-/m0/s1. The first-order chi connectivity index (χ1) is 8.78. The number of carbonyl (C=O) groups is 1. The number of rotatable bonds is 1. The maximum atomic E-state index is 12.4. The molecule has 0 N–H and O–H groups in total. The summed E-state index contributed by atoms with van der Waals surface area (Å²) in [4.78, 5) is 18.7. The van der Waals surface area contributed by atoms with Gasteiger partial charge in [-0.2, -0.15) is 0 Å². The molecule has 1 amide bonds. The van der Waals surface area contributed by atoms with Crippen molar-refractivity contribution >= 4 is 11.8 Å². The number of likely N-dealkylation sites (tertiary alicyclic amines) is 1. The summed E-state index contributed by atoms with van der Waals surface area (Å²) in [7, 11) is 0. The Labute approximate surface area is 115 Å². The minimum absolute atomic E-state index is 0.110. The van der Waals surface area contributed by atoms with Crippen LogP contribution in [0.4, 0.5) is 4.79 Å². The lowest BCUT2D eigenvalue weighted by Crippen LogP contribution is -2.46. The zero-order valence-electron chi connectivity index (χ0n) is 12.6. The highest BCUT2D eigenvalue weighted by molar-refractivity contribution is 5.96. The molecular formula is C15H24N2O2. The van der Waals surface area contributed by atoms with Crippen LogP contribution in [0.2, 0.25) is 0 Å². The molecule has 19 heavy (non-hydrogen) atoms. The van der Waals surface area contributed by atoms with Gasteiger partial charge in [0.15, 0.2) is 0 Å². The van der Waals surface area contributed by atoms with E-state index in [0.29, 0.717) is 0 Å². The molecule has 2 aliphatic heterocycles. The van der Waals surface area contributed by atoms with E-state index in [1.807, 2.05) is 31.9 Å². The Morgan fingerprint density at radius 2 is 2.11 bits per heavy atom. The van der Waals surface area contributed by atoms with Crippen LogP contribution in [-0.4, -0.2) is 34.4 Å². The van der Waals surface area contributed by atoms with Crippen molar-refractivity contribution in [2.75, 3.05) is 0 Å². The Morgan fingerprint density at radius 1 is 1.42 bits per heavy atom. The van der Waals surface area contributed by atoms with Gasteiger partial charge < -0.3 is 4.74 Å². The maximum Gasteiger partial charge on any atom is 0.411 e. The number of nitrogens with zero attached hydrogens (tertiary/aromatic N) is 2. The smallest absolute Gasteiger partial charge is 0.411 e. The fraction of sp³-hybridized carbons (Fsp3) is 0.733. The van der Waals surface area contributed by atoms with Gasteiger partial charge in [0.1, 0.15) is 5.60 Å². The number of ether oxygens (including phenoxy) is 1. The first-order valence-corrected chi connectivity index (χ1v) is 7.01. The molecule has 4 heteroatoms. The molecule has 2 aliphatic rings.